The maximum Gasteiger partial charge on any atom is 0.270 e. The lowest BCUT2D eigenvalue weighted by Gasteiger charge is -2.11. The van der Waals surface area contributed by atoms with E-state index in [4.69, 9.17) is 9.26 Å². The number of nitrogens with zero attached hydrogens (tertiary/aromatic N) is 2. The van der Waals surface area contributed by atoms with Gasteiger partial charge in [0.1, 0.15) is 15.5 Å². The summed E-state index contributed by atoms with van der Waals surface area (Å²) in [5, 5.41) is 5.46. The molecule has 0 radical (unpaired) electrons. The van der Waals surface area contributed by atoms with Crippen LogP contribution in [0.15, 0.2) is 45.1 Å². The van der Waals surface area contributed by atoms with Crippen molar-refractivity contribution in [3.05, 3.63) is 41.5 Å². The van der Waals surface area contributed by atoms with Gasteiger partial charge in [0, 0.05) is 0 Å². The molecule has 3 aromatic rings. The molecule has 0 aliphatic rings. The minimum Gasteiger partial charge on any atom is -0.495 e. The van der Waals surface area contributed by atoms with E-state index in [0.29, 0.717) is 16.4 Å². The van der Waals surface area contributed by atoms with E-state index in [1.54, 1.807) is 36.6 Å². The zero-order valence-corrected chi connectivity index (χ0v) is 13.9. The highest BCUT2D eigenvalue weighted by Gasteiger charge is 2.22. The number of rotatable bonds is 5. The van der Waals surface area contributed by atoms with Gasteiger partial charge in [0.2, 0.25) is 0 Å². The van der Waals surface area contributed by atoms with Crippen molar-refractivity contribution in [1.29, 1.82) is 0 Å². The Morgan fingerprint density at radius 3 is 2.74 bits per heavy atom. The number of sulfonamides is 1. The molecular weight excluding hydrogens is 338 g/mol. The van der Waals surface area contributed by atoms with Crippen molar-refractivity contribution >= 4 is 27.0 Å². The zero-order valence-electron chi connectivity index (χ0n) is 12.3. The van der Waals surface area contributed by atoms with Gasteiger partial charge in [-0.25, -0.2) is 8.42 Å². The second-order valence-electron chi connectivity index (χ2n) is 4.57. The van der Waals surface area contributed by atoms with E-state index in [2.05, 4.69) is 14.9 Å². The quantitative estimate of drug-likeness (QED) is 0.759. The van der Waals surface area contributed by atoms with Crippen molar-refractivity contribution in [2.24, 2.45) is 0 Å². The summed E-state index contributed by atoms with van der Waals surface area (Å²) in [6.45, 7) is 1.69. The van der Waals surface area contributed by atoms with Gasteiger partial charge in [0.25, 0.3) is 15.9 Å². The summed E-state index contributed by atoms with van der Waals surface area (Å²) in [5.74, 6) is 1.02. The van der Waals surface area contributed by atoms with Crippen LogP contribution in [0.25, 0.3) is 10.8 Å². The Bertz CT molecular complexity index is 931. The number of hydrogen-bond donors (Lipinski definition) is 1. The fourth-order valence-corrected chi connectivity index (χ4v) is 4.06. The lowest BCUT2D eigenvalue weighted by molar-refractivity contribution is 0.403. The van der Waals surface area contributed by atoms with Crippen LogP contribution in [0.1, 0.15) is 5.82 Å². The van der Waals surface area contributed by atoms with Gasteiger partial charge < -0.3 is 9.26 Å². The summed E-state index contributed by atoms with van der Waals surface area (Å²) in [6, 6.07) is 8.04. The van der Waals surface area contributed by atoms with E-state index in [-0.39, 0.29) is 16.5 Å². The van der Waals surface area contributed by atoms with E-state index in [9.17, 15) is 8.42 Å². The summed E-state index contributed by atoms with van der Waals surface area (Å²) in [4.78, 5) is 4.74. The summed E-state index contributed by atoms with van der Waals surface area (Å²) in [7, 11) is -2.39. The number of nitrogens with one attached hydrogen (secondary N) is 1. The average molecular weight is 351 g/mol. The molecule has 1 aromatic carbocycles. The minimum absolute atomic E-state index is 0.0568. The van der Waals surface area contributed by atoms with Gasteiger partial charge in [-0.1, -0.05) is 17.3 Å². The van der Waals surface area contributed by atoms with E-state index in [1.165, 1.54) is 24.5 Å². The van der Waals surface area contributed by atoms with Gasteiger partial charge in [-0.2, -0.15) is 4.98 Å². The first-order valence-corrected chi connectivity index (χ1v) is 8.91. The van der Waals surface area contributed by atoms with Crippen LogP contribution >= 0.6 is 11.3 Å². The van der Waals surface area contributed by atoms with E-state index in [0.717, 1.165) is 0 Å². The van der Waals surface area contributed by atoms with Crippen LogP contribution < -0.4 is 9.46 Å². The molecule has 3 rings (SSSR count). The Morgan fingerprint density at radius 2 is 2.04 bits per heavy atom. The van der Waals surface area contributed by atoms with Crippen LogP contribution in [-0.2, 0) is 10.0 Å². The van der Waals surface area contributed by atoms with Crippen LogP contribution in [0, 0.1) is 6.92 Å². The SMILES string of the molecule is COc1ccccc1S(=O)(=O)Nc1ccsc1-c1nc(C)no1. The number of aromatic nitrogens is 2. The monoisotopic (exact) mass is 351 g/mol. The Hall–Kier alpha value is -2.39. The second kappa shape index (κ2) is 6.01. The third-order valence-corrected chi connectivity index (χ3v) is 5.30. The van der Waals surface area contributed by atoms with Gasteiger partial charge in [0.05, 0.1) is 12.8 Å². The minimum atomic E-state index is -3.81. The number of ether oxygens (including phenoxy) is 1. The molecule has 0 aliphatic heterocycles. The van der Waals surface area contributed by atoms with Crippen LogP contribution in [0.4, 0.5) is 5.69 Å². The highest BCUT2D eigenvalue weighted by atomic mass is 32.2. The number of methoxy groups -OCH3 is 1. The van der Waals surface area contributed by atoms with Gasteiger partial charge in [0.15, 0.2) is 5.82 Å². The predicted molar refractivity (Wildman–Crippen MR) is 86.2 cm³/mol. The molecule has 120 valence electrons. The molecule has 0 spiro atoms. The Labute approximate surface area is 137 Å². The molecule has 0 atom stereocenters. The average Bonchev–Trinajstić information content (AvgIpc) is 3.15. The molecule has 7 nitrogen and oxygen atoms in total. The fraction of sp³-hybridized carbons (Fsp3) is 0.143. The van der Waals surface area contributed by atoms with Gasteiger partial charge >= 0.3 is 0 Å². The number of hydrogen-bond acceptors (Lipinski definition) is 7. The van der Waals surface area contributed by atoms with Gasteiger partial charge in [-0.15, -0.1) is 11.3 Å². The van der Waals surface area contributed by atoms with Gasteiger partial charge in [-0.05, 0) is 30.5 Å². The van der Waals surface area contributed by atoms with E-state index in [1.807, 2.05) is 0 Å². The van der Waals surface area contributed by atoms with Crippen LogP contribution in [0.2, 0.25) is 0 Å². The first kappa shape index (κ1) is 15.5. The highest BCUT2D eigenvalue weighted by Crippen LogP contribution is 2.35. The molecule has 0 bridgehead atoms. The van der Waals surface area contributed by atoms with Crippen LogP contribution in [0.5, 0.6) is 5.75 Å². The Kier molecular flexibility index (Phi) is 4.05. The maximum atomic E-state index is 12.6. The van der Waals surface area contributed by atoms with Crippen LogP contribution in [0.3, 0.4) is 0 Å². The molecule has 0 aliphatic carbocycles. The molecule has 0 saturated heterocycles. The van der Waals surface area contributed by atoms with E-state index < -0.39 is 10.0 Å². The van der Waals surface area contributed by atoms with Crippen molar-refractivity contribution in [2.75, 3.05) is 11.8 Å². The fourth-order valence-electron chi connectivity index (χ4n) is 1.99. The molecule has 1 N–H and O–H groups in total. The standard InChI is InChI=1S/C14H13N3O4S2/c1-9-15-14(21-16-9)13-10(7-8-22-13)17-23(18,19)12-6-4-3-5-11(12)20-2/h3-8,17H,1-2H3. The molecule has 9 heteroatoms. The van der Waals surface area contributed by atoms with E-state index >= 15 is 0 Å². The lowest BCUT2D eigenvalue weighted by Crippen LogP contribution is -2.14. The van der Waals surface area contributed by atoms with Gasteiger partial charge in [-0.3, -0.25) is 4.72 Å². The summed E-state index contributed by atoms with van der Waals surface area (Å²) in [5.41, 5.74) is 0.379. The lowest BCUT2D eigenvalue weighted by atomic mass is 10.3. The number of para-hydroxylation sites is 1. The first-order valence-electron chi connectivity index (χ1n) is 6.55. The Balaban J connectivity index is 1.98. The molecule has 0 unspecified atom stereocenters. The molecule has 2 heterocycles. The molecule has 0 fully saturated rings. The molecule has 0 amide bonds. The molecule has 2 aromatic heterocycles. The second-order valence-corrected chi connectivity index (χ2v) is 7.13. The number of benzene rings is 1. The first-order chi connectivity index (χ1) is 11.0. The predicted octanol–water partition coefficient (Wildman–Crippen LogP) is 2.92. The summed E-state index contributed by atoms with van der Waals surface area (Å²) in [6.07, 6.45) is 0. The normalized spacial score (nSPS) is 11.4. The van der Waals surface area contributed by atoms with Crippen molar-refractivity contribution in [1.82, 2.24) is 10.1 Å². The number of anilines is 1. The zero-order chi connectivity index (χ0) is 16.4. The number of aryl methyl sites for hydroxylation is 1. The summed E-state index contributed by atoms with van der Waals surface area (Å²) < 4.78 is 38.0. The van der Waals surface area contributed by atoms with Crippen molar-refractivity contribution in [3.63, 3.8) is 0 Å². The Morgan fingerprint density at radius 1 is 1.26 bits per heavy atom. The highest BCUT2D eigenvalue weighted by molar-refractivity contribution is 7.92. The smallest absolute Gasteiger partial charge is 0.270 e. The molecule has 23 heavy (non-hydrogen) atoms. The topological polar surface area (TPSA) is 94.3 Å². The largest absolute Gasteiger partial charge is 0.495 e. The summed E-state index contributed by atoms with van der Waals surface area (Å²) >= 11 is 1.31. The van der Waals surface area contributed by atoms with Crippen molar-refractivity contribution < 1.29 is 17.7 Å². The van der Waals surface area contributed by atoms with Crippen molar-refractivity contribution in [3.8, 4) is 16.5 Å². The third-order valence-electron chi connectivity index (χ3n) is 2.99. The maximum absolute atomic E-state index is 12.6. The molecule has 0 saturated carbocycles. The number of thiophene rings is 1. The third kappa shape index (κ3) is 3.06. The van der Waals surface area contributed by atoms with Crippen LogP contribution in [-0.4, -0.2) is 25.7 Å². The van der Waals surface area contributed by atoms with Crippen molar-refractivity contribution in [2.45, 2.75) is 11.8 Å². The molecular formula is C14H13N3O4S2.